The first-order valence-electron chi connectivity index (χ1n) is 6.25. The summed E-state index contributed by atoms with van der Waals surface area (Å²) in [6, 6.07) is 3.70. The monoisotopic (exact) mass is 298 g/mol. The molecule has 2 N–H and O–H groups in total. The van der Waals surface area contributed by atoms with Gasteiger partial charge in [-0.3, -0.25) is 10.1 Å². The number of aromatic nitrogens is 2. The van der Waals surface area contributed by atoms with Crippen LogP contribution in [0.5, 0.6) is 0 Å². The van der Waals surface area contributed by atoms with Crippen LogP contribution in [-0.4, -0.2) is 32.8 Å². The predicted octanol–water partition coefficient (Wildman–Crippen LogP) is 1.56. The molecule has 8 heteroatoms. The fourth-order valence-corrected chi connectivity index (χ4v) is 2.60. The Morgan fingerprint density at radius 2 is 2.25 bits per heavy atom. The van der Waals surface area contributed by atoms with E-state index < -0.39 is 4.92 Å². The van der Waals surface area contributed by atoms with Crippen molar-refractivity contribution in [3.63, 3.8) is 0 Å². The van der Waals surface area contributed by atoms with Gasteiger partial charge in [-0.2, -0.15) is 0 Å². The van der Waals surface area contributed by atoms with Gasteiger partial charge >= 0.3 is 5.69 Å². The third kappa shape index (κ3) is 2.19. The molecule has 0 fully saturated rings. The second-order valence-corrected chi connectivity index (χ2v) is 4.56. The number of halogens is 1. The predicted molar refractivity (Wildman–Crippen MR) is 76.7 cm³/mol. The molecule has 2 heterocycles. The molecule has 108 valence electrons. The van der Waals surface area contributed by atoms with Gasteiger partial charge in [-0.05, 0) is 30.9 Å². The fraction of sp³-hybridized carbons (Fsp3) is 0.417. The maximum Gasteiger partial charge on any atom is 0.338 e. The number of anilines is 1. The second-order valence-electron chi connectivity index (χ2n) is 4.56. The van der Waals surface area contributed by atoms with Gasteiger partial charge in [0.2, 0.25) is 5.82 Å². The molecule has 2 aromatic heterocycles. The van der Waals surface area contributed by atoms with Gasteiger partial charge in [0.1, 0.15) is 5.52 Å². The van der Waals surface area contributed by atoms with E-state index in [1.807, 2.05) is 6.07 Å². The summed E-state index contributed by atoms with van der Waals surface area (Å²) in [7, 11) is 0. The first-order valence-corrected chi connectivity index (χ1v) is 6.25. The van der Waals surface area contributed by atoms with Gasteiger partial charge in [-0.15, -0.1) is 17.5 Å². The molecule has 1 aliphatic rings. The van der Waals surface area contributed by atoms with Gasteiger partial charge in [-0.1, -0.05) is 6.07 Å². The molecule has 0 radical (unpaired) electrons. The minimum absolute atomic E-state index is 0. The van der Waals surface area contributed by atoms with Crippen molar-refractivity contribution in [2.24, 2.45) is 0 Å². The number of aryl methyl sites for hydroxylation is 2. The minimum Gasteiger partial charge on any atom is -0.395 e. The summed E-state index contributed by atoms with van der Waals surface area (Å²) < 4.78 is 1.67. The van der Waals surface area contributed by atoms with Crippen molar-refractivity contribution >= 4 is 29.4 Å². The van der Waals surface area contributed by atoms with Crippen molar-refractivity contribution in [3.8, 4) is 0 Å². The van der Waals surface area contributed by atoms with Crippen LogP contribution in [0.4, 0.5) is 11.5 Å². The van der Waals surface area contributed by atoms with E-state index in [4.69, 9.17) is 5.11 Å². The van der Waals surface area contributed by atoms with Crippen LogP contribution in [0.2, 0.25) is 0 Å². The molecule has 0 aromatic carbocycles. The molecule has 7 nitrogen and oxygen atoms in total. The Labute approximate surface area is 121 Å². The van der Waals surface area contributed by atoms with Crippen LogP contribution in [0.25, 0.3) is 5.52 Å². The third-order valence-electron chi connectivity index (χ3n) is 3.41. The van der Waals surface area contributed by atoms with Crippen molar-refractivity contribution < 1.29 is 10.0 Å². The van der Waals surface area contributed by atoms with Crippen LogP contribution >= 0.6 is 12.4 Å². The number of rotatable bonds is 4. The van der Waals surface area contributed by atoms with E-state index in [0.717, 1.165) is 25.0 Å². The molecule has 0 saturated carbocycles. The first kappa shape index (κ1) is 14.5. The van der Waals surface area contributed by atoms with Crippen LogP contribution in [-0.2, 0) is 12.8 Å². The third-order valence-corrected chi connectivity index (χ3v) is 3.41. The van der Waals surface area contributed by atoms with E-state index in [-0.39, 0.29) is 37.1 Å². The molecule has 20 heavy (non-hydrogen) atoms. The maximum atomic E-state index is 11.2. The number of hydrogen-bond acceptors (Lipinski definition) is 5. The molecule has 0 amide bonds. The van der Waals surface area contributed by atoms with Crippen molar-refractivity contribution in [3.05, 3.63) is 33.5 Å². The topological polar surface area (TPSA) is 92.7 Å². The Kier molecular flexibility index (Phi) is 4.10. The lowest BCUT2D eigenvalue weighted by Gasteiger charge is -2.01. The number of nitro groups is 1. The lowest BCUT2D eigenvalue weighted by molar-refractivity contribution is -0.382. The van der Waals surface area contributed by atoms with Crippen LogP contribution < -0.4 is 5.32 Å². The molecule has 0 unspecified atom stereocenters. The molecular weight excluding hydrogens is 284 g/mol. The van der Waals surface area contributed by atoms with Crippen LogP contribution in [0.3, 0.4) is 0 Å². The Hall–Kier alpha value is -1.86. The molecule has 0 saturated heterocycles. The molecule has 2 aromatic rings. The number of aliphatic hydroxyl groups is 1. The lowest BCUT2D eigenvalue weighted by Crippen LogP contribution is -2.07. The highest BCUT2D eigenvalue weighted by atomic mass is 35.5. The van der Waals surface area contributed by atoms with Gasteiger partial charge in [0.05, 0.1) is 11.5 Å². The second kappa shape index (κ2) is 5.64. The van der Waals surface area contributed by atoms with E-state index >= 15 is 0 Å². The maximum absolute atomic E-state index is 11.2. The van der Waals surface area contributed by atoms with Gasteiger partial charge < -0.3 is 10.4 Å². The SMILES string of the molecule is Cl.O=[N+]([O-])c1c(NCCO)nn2c3c(ccc12)CCC3. The zero-order valence-corrected chi connectivity index (χ0v) is 11.5. The largest absolute Gasteiger partial charge is 0.395 e. The van der Waals surface area contributed by atoms with Crippen molar-refractivity contribution in [2.45, 2.75) is 19.3 Å². The average Bonchev–Trinajstić information content (AvgIpc) is 2.98. The summed E-state index contributed by atoms with van der Waals surface area (Å²) in [6.07, 6.45) is 2.95. The number of nitrogens with one attached hydrogen (secondary N) is 1. The molecule has 3 rings (SSSR count). The Morgan fingerprint density at radius 1 is 1.45 bits per heavy atom. The molecule has 0 atom stereocenters. The lowest BCUT2D eigenvalue weighted by atomic mass is 10.2. The number of nitrogens with zero attached hydrogens (tertiary/aromatic N) is 3. The normalized spacial score (nSPS) is 13.1. The minimum atomic E-state index is -0.427. The van der Waals surface area contributed by atoms with Crippen LogP contribution in [0.1, 0.15) is 17.7 Å². The van der Waals surface area contributed by atoms with Gasteiger partial charge in [0.25, 0.3) is 0 Å². The van der Waals surface area contributed by atoms with Gasteiger partial charge in [-0.25, -0.2) is 4.52 Å². The van der Waals surface area contributed by atoms with E-state index in [1.54, 1.807) is 10.6 Å². The summed E-state index contributed by atoms with van der Waals surface area (Å²) in [5.41, 5.74) is 2.74. The van der Waals surface area contributed by atoms with Crippen LogP contribution in [0, 0.1) is 10.1 Å². The fourth-order valence-electron chi connectivity index (χ4n) is 2.60. The summed E-state index contributed by atoms with van der Waals surface area (Å²) in [6.45, 7) is 0.149. The molecule has 0 bridgehead atoms. The molecular formula is C12H15ClN4O3. The summed E-state index contributed by atoms with van der Waals surface area (Å²) in [5, 5.41) is 27.1. The molecule has 0 spiro atoms. The van der Waals surface area contributed by atoms with Crippen molar-refractivity contribution in [1.82, 2.24) is 9.61 Å². The van der Waals surface area contributed by atoms with E-state index in [0.29, 0.717) is 5.52 Å². The van der Waals surface area contributed by atoms with Gasteiger partial charge in [0, 0.05) is 12.2 Å². The zero-order chi connectivity index (χ0) is 13.4. The highest BCUT2D eigenvalue weighted by Gasteiger charge is 2.26. The van der Waals surface area contributed by atoms with Gasteiger partial charge in [0.15, 0.2) is 0 Å². The van der Waals surface area contributed by atoms with Crippen LogP contribution in [0.15, 0.2) is 12.1 Å². The Morgan fingerprint density at radius 3 is 2.95 bits per heavy atom. The highest BCUT2D eigenvalue weighted by molar-refractivity contribution is 5.85. The highest BCUT2D eigenvalue weighted by Crippen LogP contribution is 2.32. The smallest absolute Gasteiger partial charge is 0.338 e. The Bertz CT molecular complexity index is 656. The molecule has 1 aliphatic carbocycles. The number of pyridine rings is 1. The number of hydrogen-bond donors (Lipinski definition) is 2. The van der Waals surface area contributed by atoms with Crippen molar-refractivity contribution in [1.29, 1.82) is 0 Å². The first-order chi connectivity index (χ1) is 9.22. The zero-order valence-electron chi connectivity index (χ0n) is 10.7. The van der Waals surface area contributed by atoms with E-state index in [1.165, 1.54) is 5.56 Å². The van der Waals surface area contributed by atoms with E-state index in [2.05, 4.69) is 10.4 Å². The summed E-state index contributed by atoms with van der Waals surface area (Å²) in [5.74, 6) is 0.222. The average molecular weight is 299 g/mol. The number of fused-ring (bicyclic) bond motifs is 3. The Balaban J connectivity index is 0.00000147. The van der Waals surface area contributed by atoms with Crippen molar-refractivity contribution in [2.75, 3.05) is 18.5 Å². The molecule has 0 aliphatic heterocycles. The number of aliphatic hydroxyl groups excluding tert-OH is 1. The quantitative estimate of drug-likeness (QED) is 0.660. The standard InChI is InChI=1S/C12H14N4O3.ClH/c17-7-6-13-12-11(16(18)19)10-5-4-8-2-1-3-9(8)15(10)14-12;/h4-5,17H,1-3,6-7H2,(H,13,14);1H. The summed E-state index contributed by atoms with van der Waals surface area (Å²) >= 11 is 0. The van der Waals surface area contributed by atoms with E-state index in [9.17, 15) is 10.1 Å². The summed E-state index contributed by atoms with van der Waals surface area (Å²) in [4.78, 5) is 10.8.